The summed E-state index contributed by atoms with van der Waals surface area (Å²) in [6.07, 6.45) is 0. The van der Waals surface area contributed by atoms with E-state index < -0.39 is 0 Å². The fourth-order valence-electron chi connectivity index (χ4n) is 3.22. The van der Waals surface area contributed by atoms with Crippen LogP contribution in [-0.4, -0.2) is 42.5 Å². The van der Waals surface area contributed by atoms with Crippen LogP contribution in [-0.2, 0) is 4.79 Å². The Morgan fingerprint density at radius 1 is 1.10 bits per heavy atom. The lowest BCUT2D eigenvalue weighted by atomic mass is 10.1. The number of amides is 1. The average molecular weight is 412 g/mol. The number of benzene rings is 2. The highest BCUT2D eigenvalue weighted by atomic mass is 32.2. The van der Waals surface area contributed by atoms with E-state index in [0.29, 0.717) is 17.7 Å². The molecule has 0 unspecified atom stereocenters. The number of aromatic nitrogens is 2. The van der Waals surface area contributed by atoms with Gasteiger partial charge in [0.05, 0.1) is 26.4 Å². The highest BCUT2D eigenvalue weighted by Crippen LogP contribution is 2.24. The lowest BCUT2D eigenvalue weighted by Crippen LogP contribution is -3.07. The number of carbonyl (C=O) groups excluding carboxylic acids is 1. The first-order valence-corrected chi connectivity index (χ1v) is 10.6. The molecule has 1 amide bonds. The summed E-state index contributed by atoms with van der Waals surface area (Å²) in [4.78, 5) is 13.6. The maximum absolute atomic E-state index is 12.3. The number of aryl methyl sites for hydroxylation is 2. The van der Waals surface area contributed by atoms with E-state index in [1.165, 1.54) is 22.2 Å². The van der Waals surface area contributed by atoms with Crippen molar-refractivity contribution in [1.29, 1.82) is 0 Å². The maximum Gasteiger partial charge on any atom is 0.277 e. The second-order valence-corrected chi connectivity index (χ2v) is 8.31. The summed E-state index contributed by atoms with van der Waals surface area (Å²) < 4.78 is 5.72. The van der Waals surface area contributed by atoms with E-state index in [2.05, 4.69) is 47.8 Å². The van der Waals surface area contributed by atoms with Crippen LogP contribution in [0.25, 0.3) is 11.5 Å². The first kappa shape index (κ1) is 21.1. The number of hydrogen-bond acceptors (Lipinski definition) is 5. The van der Waals surface area contributed by atoms with Gasteiger partial charge in [0.25, 0.3) is 5.22 Å². The minimum Gasteiger partial charge on any atom is -0.411 e. The molecular formula is C22H27N4O2S+. The zero-order valence-corrected chi connectivity index (χ0v) is 18.0. The summed E-state index contributed by atoms with van der Waals surface area (Å²) in [5, 5.41) is 11.6. The summed E-state index contributed by atoms with van der Waals surface area (Å²) in [6.45, 7) is 4.64. The van der Waals surface area contributed by atoms with Gasteiger partial charge in [-0.05, 0) is 26.0 Å². The molecule has 3 aromatic rings. The van der Waals surface area contributed by atoms with Gasteiger partial charge in [0.2, 0.25) is 11.8 Å². The number of carbonyl (C=O) groups is 1. The van der Waals surface area contributed by atoms with Gasteiger partial charge in [-0.3, -0.25) is 4.79 Å². The third-order valence-electron chi connectivity index (χ3n) is 4.60. The van der Waals surface area contributed by atoms with E-state index in [9.17, 15) is 4.79 Å². The van der Waals surface area contributed by atoms with Crippen molar-refractivity contribution in [2.45, 2.75) is 25.1 Å². The zero-order valence-electron chi connectivity index (χ0n) is 17.2. The largest absolute Gasteiger partial charge is 0.411 e. The fourth-order valence-corrected chi connectivity index (χ4v) is 3.81. The molecule has 3 rings (SSSR count). The van der Waals surface area contributed by atoms with E-state index >= 15 is 0 Å². The van der Waals surface area contributed by atoms with Gasteiger partial charge >= 0.3 is 0 Å². The van der Waals surface area contributed by atoms with Crippen molar-refractivity contribution in [3.8, 4) is 11.5 Å². The minimum atomic E-state index is -0.0525. The molecule has 0 spiro atoms. The molecule has 152 valence electrons. The molecule has 1 aromatic heterocycles. The van der Waals surface area contributed by atoms with Crippen molar-refractivity contribution in [3.05, 3.63) is 65.2 Å². The number of likely N-dealkylation sites (N-methyl/N-ethyl adjacent to an activating group) is 1. The first-order chi connectivity index (χ1) is 13.9. The first-order valence-electron chi connectivity index (χ1n) is 9.59. The van der Waals surface area contributed by atoms with Crippen molar-refractivity contribution >= 4 is 17.7 Å². The predicted octanol–water partition coefficient (Wildman–Crippen LogP) is 2.45. The smallest absolute Gasteiger partial charge is 0.277 e. The second-order valence-electron chi connectivity index (χ2n) is 7.38. The van der Waals surface area contributed by atoms with Crippen LogP contribution in [0.15, 0.2) is 58.2 Å². The average Bonchev–Trinajstić information content (AvgIpc) is 3.15. The van der Waals surface area contributed by atoms with Gasteiger partial charge in [-0.1, -0.05) is 59.3 Å². The van der Waals surface area contributed by atoms with Gasteiger partial charge in [-0.15, -0.1) is 10.2 Å². The molecule has 0 fully saturated rings. The molecule has 0 bridgehead atoms. The van der Waals surface area contributed by atoms with Crippen molar-refractivity contribution in [1.82, 2.24) is 15.5 Å². The van der Waals surface area contributed by atoms with Crippen LogP contribution in [0.5, 0.6) is 0 Å². The Hall–Kier alpha value is -2.64. The number of hydrogen-bond donors (Lipinski definition) is 2. The molecule has 7 heteroatoms. The van der Waals surface area contributed by atoms with E-state index in [1.54, 1.807) is 0 Å². The summed E-state index contributed by atoms with van der Waals surface area (Å²) in [5.74, 6) is 0.655. The molecule has 1 atom stereocenters. The lowest BCUT2D eigenvalue weighted by Gasteiger charge is -2.22. The summed E-state index contributed by atoms with van der Waals surface area (Å²) in [5.41, 5.74) is 4.38. The third-order valence-corrected chi connectivity index (χ3v) is 5.42. The standard InChI is InChI=1S/C22H26N4O2S/c1-15-10-16(2)12-18(11-15)21-24-25-22(28-21)29-14-20(27)23-13-19(26(3)4)17-8-6-5-7-9-17/h5-12,19H,13-14H2,1-4H3,(H,23,27)/p+1/t19-/m0/s1. The van der Waals surface area contributed by atoms with Crippen LogP contribution >= 0.6 is 11.8 Å². The molecule has 0 saturated carbocycles. The predicted molar refractivity (Wildman–Crippen MR) is 115 cm³/mol. The second kappa shape index (κ2) is 9.71. The van der Waals surface area contributed by atoms with Crippen molar-refractivity contribution in [3.63, 3.8) is 0 Å². The highest BCUT2D eigenvalue weighted by molar-refractivity contribution is 7.99. The van der Waals surface area contributed by atoms with E-state index in [1.807, 2.05) is 44.2 Å². The summed E-state index contributed by atoms with van der Waals surface area (Å²) in [7, 11) is 4.18. The maximum atomic E-state index is 12.3. The summed E-state index contributed by atoms with van der Waals surface area (Å²) in [6, 6.07) is 16.5. The third kappa shape index (κ3) is 5.92. The van der Waals surface area contributed by atoms with E-state index in [4.69, 9.17) is 4.42 Å². The normalized spacial score (nSPS) is 12.2. The molecule has 0 radical (unpaired) electrons. The summed E-state index contributed by atoms with van der Waals surface area (Å²) >= 11 is 1.25. The number of rotatable bonds is 8. The Morgan fingerprint density at radius 2 is 1.79 bits per heavy atom. The quantitative estimate of drug-likeness (QED) is 0.557. The monoisotopic (exact) mass is 411 g/mol. The Bertz CT molecular complexity index is 936. The Morgan fingerprint density at radius 3 is 2.45 bits per heavy atom. The molecule has 0 aliphatic rings. The van der Waals surface area contributed by atoms with Crippen LogP contribution < -0.4 is 10.2 Å². The Kier molecular flexibility index (Phi) is 7.06. The SMILES string of the molecule is Cc1cc(C)cc(-c2nnc(SCC(=O)NC[C@@H](c3ccccc3)[NH+](C)C)o2)c1. The van der Waals surface area contributed by atoms with Gasteiger partial charge in [0.15, 0.2) is 0 Å². The van der Waals surface area contributed by atoms with Crippen molar-refractivity contribution in [2.75, 3.05) is 26.4 Å². The van der Waals surface area contributed by atoms with Crippen LogP contribution in [0.4, 0.5) is 0 Å². The van der Waals surface area contributed by atoms with Crippen LogP contribution in [0.1, 0.15) is 22.7 Å². The molecule has 29 heavy (non-hydrogen) atoms. The van der Waals surface area contributed by atoms with Crippen LogP contribution in [0.3, 0.4) is 0 Å². The van der Waals surface area contributed by atoms with Crippen molar-refractivity contribution < 1.29 is 14.1 Å². The number of nitrogens with zero attached hydrogens (tertiary/aromatic N) is 2. The molecule has 0 saturated heterocycles. The number of quaternary nitrogens is 1. The van der Waals surface area contributed by atoms with Gasteiger partial charge in [-0.25, -0.2) is 0 Å². The molecule has 0 aliphatic carbocycles. The topological polar surface area (TPSA) is 72.5 Å². The number of thioether (sulfide) groups is 1. The lowest BCUT2D eigenvalue weighted by molar-refractivity contribution is -0.890. The van der Waals surface area contributed by atoms with Crippen LogP contribution in [0.2, 0.25) is 0 Å². The van der Waals surface area contributed by atoms with Gasteiger partial charge in [0.1, 0.15) is 6.04 Å². The van der Waals surface area contributed by atoms with Crippen molar-refractivity contribution in [2.24, 2.45) is 0 Å². The van der Waals surface area contributed by atoms with Gasteiger partial charge in [0, 0.05) is 11.1 Å². The molecule has 1 heterocycles. The van der Waals surface area contributed by atoms with Crippen LogP contribution in [0, 0.1) is 13.8 Å². The molecular weight excluding hydrogens is 384 g/mol. The molecule has 6 nitrogen and oxygen atoms in total. The molecule has 0 aliphatic heterocycles. The van der Waals surface area contributed by atoms with Gasteiger partial charge in [-0.2, -0.15) is 0 Å². The minimum absolute atomic E-state index is 0.0525. The Labute approximate surface area is 175 Å². The van der Waals surface area contributed by atoms with Gasteiger partial charge < -0.3 is 14.6 Å². The highest BCUT2D eigenvalue weighted by Gasteiger charge is 2.19. The van der Waals surface area contributed by atoms with E-state index in [0.717, 1.165) is 16.7 Å². The van der Waals surface area contributed by atoms with E-state index in [-0.39, 0.29) is 17.7 Å². The molecule has 2 N–H and O–H groups in total. The number of nitrogens with one attached hydrogen (secondary N) is 2. The zero-order chi connectivity index (χ0) is 20.8. The Balaban J connectivity index is 1.54. The molecule has 2 aromatic carbocycles. The fraction of sp³-hybridized carbons (Fsp3) is 0.318.